The minimum Gasteiger partial charge on any atom is -0.463 e. The molecule has 0 heterocycles. The quantitative estimate of drug-likeness (QED) is 0.0146. The summed E-state index contributed by atoms with van der Waals surface area (Å²) in [5.41, 5.74) is 0. The van der Waals surface area contributed by atoms with Crippen molar-refractivity contribution in [2.24, 2.45) is 0 Å². The van der Waals surface area contributed by atoms with E-state index in [2.05, 4.69) is 203 Å². The molecule has 0 saturated carbocycles. The Bertz CT molecular complexity index is 3040. The molecule has 0 saturated heterocycles. The van der Waals surface area contributed by atoms with Crippen molar-refractivity contribution in [1.82, 2.24) is 0 Å². The van der Waals surface area contributed by atoms with Gasteiger partial charge in [-0.2, -0.15) is 0 Å². The molecular weight excluding hydrogens is 1630 g/mol. The van der Waals surface area contributed by atoms with Crippen molar-refractivity contribution in [3.63, 3.8) is 0 Å². The van der Waals surface area contributed by atoms with Gasteiger partial charge in [-0.05, 0) is 161 Å². The Morgan fingerprint density at radius 1 is 0.228 bits per heavy atom. The van der Waals surface area contributed by atoms with E-state index in [1.807, 2.05) is 0 Å². The van der Waals surface area contributed by atoms with Gasteiger partial charge in [0.1, 0.15) is 25.4 Å². The van der Waals surface area contributed by atoms with Crippen molar-refractivity contribution in [2.75, 3.05) is 39.6 Å². The van der Waals surface area contributed by atoms with Crippen LogP contribution in [0.5, 0.6) is 0 Å². The second-order valence-electron chi connectivity index (χ2n) is 33.9. The third-order valence-electron chi connectivity index (χ3n) is 21.6. The summed E-state index contributed by atoms with van der Waals surface area (Å²) in [5, 5.41) is 20.8. The van der Waals surface area contributed by atoms with Gasteiger partial charge in [-0.1, -0.05) is 434 Å². The van der Waals surface area contributed by atoms with Gasteiger partial charge in [-0.15, -0.1) is 0 Å². The smallest absolute Gasteiger partial charge is 0.463 e. The van der Waals surface area contributed by atoms with Crippen LogP contribution in [-0.4, -0.2) is 95.9 Å². The predicted octanol–water partition coefficient (Wildman–Crippen LogP) is 32.3. The molecule has 0 aromatic carbocycles. The van der Waals surface area contributed by atoms with E-state index in [0.29, 0.717) is 19.3 Å². The number of aliphatic hydroxyl groups is 2. The Balaban J connectivity index is 4.62. The van der Waals surface area contributed by atoms with Crippen LogP contribution < -0.4 is 0 Å². The van der Waals surface area contributed by atoms with Crippen LogP contribution in [-0.2, 0) is 55.8 Å². The van der Waals surface area contributed by atoms with Gasteiger partial charge in [0.05, 0.1) is 26.4 Å². The number of carbonyl (C=O) groups excluding carboxylic acids is 3. The summed E-state index contributed by atoms with van der Waals surface area (Å²) >= 11 is 0. The van der Waals surface area contributed by atoms with Gasteiger partial charge in [-0.25, -0.2) is 9.13 Å². The third-order valence-corrected chi connectivity index (χ3v) is 23.5. The number of unbranched alkanes of at least 4 members (excludes halogenated alkanes) is 43. The standard InChI is InChI=1S/C109H186O16P2/c1-4-7-10-13-16-19-22-25-28-31-34-37-40-43-46-48-50-51-53-55-57-59-62-65-68-71-74-77-80-83-86-89-92-95-107(112)119-98-104(110)99-121-126(115,116)122-100-105(111)101-123-127(117,118)124-103-106(125-109(114)97-94-91-88-85-82-79-76-73-70-67-64-61-56-45-42-39-36-33-30-27-24-21-18-15-12-9-6-3)102-120-108(113)96-93-90-87-84-81-78-75-72-69-66-63-60-58-54-52-49-47-44-41-38-35-32-29-26-23-20-17-14-11-8-5-2/h7-8,10-11,16-21,25-30,34-39,43-47,52,54,56,104-106,110-111H,4-6,9,12-15,22-24,31-33,40-42,48-51,53,55,57-103H2,1-3H3,(H,115,116)(H,117,118)/b10-7-,11-8-,19-16-,20-17-,21-18-,28-25-,29-26-,30-27-,37-34-,38-35-,39-36-,46-43-,47-44-,54-52-,56-45-. The maximum atomic E-state index is 13.1. The average molecular weight is 1810 g/mol. The Labute approximate surface area is 776 Å². The largest absolute Gasteiger partial charge is 0.472 e. The van der Waals surface area contributed by atoms with Crippen molar-refractivity contribution in [2.45, 2.75) is 450 Å². The number of carbonyl (C=O) groups is 3. The van der Waals surface area contributed by atoms with Crippen molar-refractivity contribution in [1.29, 1.82) is 0 Å². The Hall–Kier alpha value is -5.35. The van der Waals surface area contributed by atoms with Crippen LogP contribution in [0.25, 0.3) is 0 Å². The number of aliphatic hydroxyl groups excluding tert-OH is 2. The Morgan fingerprint density at radius 3 is 0.661 bits per heavy atom. The normalized spacial score (nSPS) is 14.4. The maximum Gasteiger partial charge on any atom is 0.472 e. The van der Waals surface area contributed by atoms with Gasteiger partial charge in [0.25, 0.3) is 0 Å². The summed E-state index contributed by atoms with van der Waals surface area (Å²) < 4.78 is 61.7. The fraction of sp³-hybridized carbons (Fsp3) is 0.697. The molecule has 0 radical (unpaired) electrons. The van der Waals surface area contributed by atoms with Crippen molar-refractivity contribution >= 4 is 33.6 Å². The van der Waals surface area contributed by atoms with E-state index in [9.17, 15) is 43.5 Å². The van der Waals surface area contributed by atoms with E-state index in [1.54, 1.807) is 0 Å². The molecule has 0 aromatic rings. The van der Waals surface area contributed by atoms with E-state index in [0.717, 1.165) is 173 Å². The Kier molecular flexibility index (Phi) is 95.5. The lowest BCUT2D eigenvalue weighted by Crippen LogP contribution is -2.30. The van der Waals surface area contributed by atoms with Crippen LogP contribution in [0.1, 0.15) is 432 Å². The highest BCUT2D eigenvalue weighted by Gasteiger charge is 2.30. The zero-order valence-corrected chi connectivity index (χ0v) is 82.4. The van der Waals surface area contributed by atoms with Crippen LogP contribution in [0.2, 0.25) is 0 Å². The van der Waals surface area contributed by atoms with E-state index in [-0.39, 0.29) is 19.3 Å². The summed E-state index contributed by atoms with van der Waals surface area (Å²) in [4.78, 5) is 59.2. The zero-order chi connectivity index (χ0) is 92.1. The molecule has 18 heteroatoms. The lowest BCUT2D eigenvalue weighted by Gasteiger charge is -2.21. The number of rotatable bonds is 96. The molecule has 728 valence electrons. The topological polar surface area (TPSA) is 231 Å². The minimum atomic E-state index is -4.95. The van der Waals surface area contributed by atoms with Gasteiger partial charge in [0, 0.05) is 19.3 Å². The second kappa shape index (κ2) is 99.7. The highest BCUT2D eigenvalue weighted by atomic mass is 31.2. The van der Waals surface area contributed by atoms with Crippen LogP contribution in [0.3, 0.4) is 0 Å². The molecule has 5 atom stereocenters. The SMILES string of the molecule is CC/C=C\C/C=C\C/C=C\C/C=C\C/C=C\C/C=C\CCCCCCCCCCCCCCC(=O)OCC(COP(=O)(O)OCC(O)COP(=O)(O)OCC(O)COC(=O)CCCCCCCCCCCCCCCCCCC/C=C\C/C=C\C/C=C\C/C=C\C/C=C\CC)OC(=O)CCCCCCCCCCCCC/C=C\C/C=C\C/C=C\C/C=C\CCCCC. The molecule has 0 aliphatic heterocycles. The lowest BCUT2D eigenvalue weighted by atomic mass is 10.0. The molecule has 127 heavy (non-hydrogen) atoms. The molecule has 16 nitrogen and oxygen atoms in total. The number of hydrogen-bond donors (Lipinski definition) is 4. The second-order valence-corrected chi connectivity index (χ2v) is 36.8. The molecule has 0 fully saturated rings. The van der Waals surface area contributed by atoms with Crippen molar-refractivity contribution in [3.05, 3.63) is 182 Å². The first kappa shape index (κ1) is 122. The number of phosphoric ester groups is 2. The summed E-state index contributed by atoms with van der Waals surface area (Å²) in [6.45, 7) is 2.49. The molecule has 0 aromatic heterocycles. The number of esters is 3. The monoisotopic (exact) mass is 1810 g/mol. The summed E-state index contributed by atoms with van der Waals surface area (Å²) in [7, 11) is -9.82. The molecule has 5 unspecified atom stereocenters. The molecular formula is C109H186O16P2. The van der Waals surface area contributed by atoms with E-state index >= 15 is 0 Å². The Morgan fingerprint density at radius 2 is 0.417 bits per heavy atom. The molecule has 0 spiro atoms. The van der Waals surface area contributed by atoms with Crippen LogP contribution in [0.15, 0.2) is 182 Å². The number of ether oxygens (including phenoxy) is 3. The molecule has 0 amide bonds. The number of hydrogen-bond acceptors (Lipinski definition) is 14. The van der Waals surface area contributed by atoms with Crippen LogP contribution in [0.4, 0.5) is 0 Å². The zero-order valence-electron chi connectivity index (χ0n) is 80.6. The summed E-state index contributed by atoms with van der Waals surface area (Å²) in [6.07, 6.45) is 132. The first-order valence-electron chi connectivity index (χ1n) is 51.1. The molecule has 4 N–H and O–H groups in total. The van der Waals surface area contributed by atoms with Crippen LogP contribution in [0, 0.1) is 0 Å². The fourth-order valence-electron chi connectivity index (χ4n) is 13.9. The highest BCUT2D eigenvalue weighted by Crippen LogP contribution is 2.45. The molecule has 0 aliphatic rings. The van der Waals surface area contributed by atoms with Gasteiger partial charge in [-0.3, -0.25) is 32.5 Å². The lowest BCUT2D eigenvalue weighted by molar-refractivity contribution is -0.161. The highest BCUT2D eigenvalue weighted by molar-refractivity contribution is 7.47. The third kappa shape index (κ3) is 101. The van der Waals surface area contributed by atoms with E-state index < -0.39 is 91.5 Å². The maximum absolute atomic E-state index is 13.1. The van der Waals surface area contributed by atoms with Gasteiger partial charge < -0.3 is 34.2 Å². The molecule has 0 bridgehead atoms. The minimum absolute atomic E-state index is 0.0967. The van der Waals surface area contributed by atoms with Gasteiger partial charge in [0.2, 0.25) is 0 Å². The van der Waals surface area contributed by atoms with Crippen molar-refractivity contribution in [3.8, 4) is 0 Å². The van der Waals surface area contributed by atoms with E-state index in [1.165, 1.54) is 199 Å². The first-order valence-corrected chi connectivity index (χ1v) is 54.1. The van der Waals surface area contributed by atoms with Gasteiger partial charge >= 0.3 is 33.6 Å². The van der Waals surface area contributed by atoms with E-state index in [4.69, 9.17) is 32.3 Å². The fourth-order valence-corrected chi connectivity index (χ4v) is 15.5. The number of allylic oxidation sites excluding steroid dienone is 30. The first-order chi connectivity index (χ1) is 62.2. The average Bonchev–Trinajstić information content (AvgIpc) is 0.898. The molecule has 0 rings (SSSR count). The molecule has 0 aliphatic carbocycles. The van der Waals surface area contributed by atoms with Crippen LogP contribution >= 0.6 is 15.6 Å². The predicted molar refractivity (Wildman–Crippen MR) is 537 cm³/mol. The summed E-state index contributed by atoms with van der Waals surface area (Å²) in [6, 6.07) is 0. The van der Waals surface area contributed by atoms with Crippen molar-refractivity contribution < 1.29 is 75.8 Å². The van der Waals surface area contributed by atoms with Gasteiger partial charge in [0.15, 0.2) is 6.10 Å². The number of phosphoric acid groups is 2. The summed E-state index contributed by atoms with van der Waals surface area (Å²) in [5.74, 6) is -1.57.